The summed E-state index contributed by atoms with van der Waals surface area (Å²) in [5, 5.41) is 15.2. The van der Waals surface area contributed by atoms with Gasteiger partial charge in [-0.15, -0.1) is 5.10 Å². The Morgan fingerprint density at radius 3 is 2.59 bits per heavy atom. The first kappa shape index (κ1) is 21.6. The fourth-order valence-corrected chi connectivity index (χ4v) is 3.81. The molecule has 3 heterocycles. The number of hydrogen-bond acceptors (Lipinski definition) is 5. The molecule has 3 aromatic heterocycles. The molecule has 2 aromatic carbocycles. The van der Waals surface area contributed by atoms with Crippen molar-refractivity contribution in [3.63, 3.8) is 0 Å². The molecular weight excluding hydrogens is 471 g/mol. The molecule has 8 nitrogen and oxygen atoms in total. The van der Waals surface area contributed by atoms with Crippen molar-refractivity contribution in [1.82, 2.24) is 29.8 Å². The first-order valence-corrected chi connectivity index (χ1v) is 10.2. The molecule has 5 rings (SSSR count). The lowest BCUT2D eigenvalue weighted by atomic mass is 10.1. The summed E-state index contributed by atoms with van der Waals surface area (Å²) in [4.78, 5) is 16.9. The maximum absolute atomic E-state index is 14.1. The molecule has 170 valence electrons. The monoisotopic (exact) mass is 483 g/mol. The smallest absolute Gasteiger partial charge is 0.322 e. The highest BCUT2D eigenvalue weighted by atomic mass is 35.5. The van der Waals surface area contributed by atoms with E-state index in [1.165, 1.54) is 35.4 Å². The Balaban J connectivity index is 1.53. The van der Waals surface area contributed by atoms with Gasteiger partial charge in [0.15, 0.2) is 5.69 Å². The van der Waals surface area contributed by atoms with Crippen LogP contribution in [0.15, 0.2) is 73.4 Å². The minimum Gasteiger partial charge on any atom is -0.322 e. The van der Waals surface area contributed by atoms with Gasteiger partial charge in [0, 0.05) is 22.7 Å². The number of carbonyl (C=O) groups excluding carboxylic acids is 1. The summed E-state index contributed by atoms with van der Waals surface area (Å²) in [6.45, 7) is 0. The summed E-state index contributed by atoms with van der Waals surface area (Å²) >= 11 is 6.25. The fourth-order valence-electron chi connectivity index (χ4n) is 3.54. The number of benzene rings is 2. The molecule has 0 fully saturated rings. The Labute approximate surface area is 194 Å². The van der Waals surface area contributed by atoms with E-state index in [1.54, 1.807) is 36.5 Å². The molecule has 0 aliphatic heterocycles. The predicted molar refractivity (Wildman–Crippen MR) is 118 cm³/mol. The van der Waals surface area contributed by atoms with Crippen molar-refractivity contribution < 1.29 is 18.0 Å². The highest BCUT2D eigenvalue weighted by Crippen LogP contribution is 2.35. The zero-order chi connectivity index (χ0) is 23.9. The fraction of sp³-hybridized carbons (Fsp3) is 0.0455. The number of halogens is 4. The first-order valence-electron chi connectivity index (χ1n) is 9.79. The van der Waals surface area contributed by atoms with Crippen molar-refractivity contribution >= 4 is 34.0 Å². The second-order valence-electron chi connectivity index (χ2n) is 7.16. The van der Waals surface area contributed by atoms with Crippen LogP contribution in [0.2, 0.25) is 5.02 Å². The van der Waals surface area contributed by atoms with Gasteiger partial charge in [-0.05, 0) is 18.2 Å². The van der Waals surface area contributed by atoms with Crippen molar-refractivity contribution in [1.29, 1.82) is 0 Å². The molecule has 5 aromatic rings. The van der Waals surface area contributed by atoms with Crippen molar-refractivity contribution in [2.24, 2.45) is 0 Å². The number of hydrogen-bond donors (Lipinski definition) is 1. The van der Waals surface area contributed by atoms with E-state index in [2.05, 4.69) is 25.7 Å². The lowest BCUT2D eigenvalue weighted by Gasteiger charge is -2.14. The number of fused-ring (bicyclic) bond motifs is 1. The molecule has 0 atom stereocenters. The molecule has 0 radical (unpaired) electrons. The number of anilines is 1. The number of amides is 1. The Kier molecular flexibility index (Phi) is 5.25. The molecule has 12 heteroatoms. The molecule has 1 N–H and O–H groups in total. The minimum absolute atomic E-state index is 0.102. The minimum atomic E-state index is -4.87. The van der Waals surface area contributed by atoms with Crippen molar-refractivity contribution in [2.75, 3.05) is 5.32 Å². The van der Waals surface area contributed by atoms with Crippen LogP contribution >= 0.6 is 11.6 Å². The van der Waals surface area contributed by atoms with Gasteiger partial charge < -0.3 is 5.32 Å². The summed E-state index contributed by atoms with van der Waals surface area (Å²) in [6.07, 6.45) is 1.87. The lowest BCUT2D eigenvalue weighted by Crippen LogP contribution is -2.21. The van der Waals surface area contributed by atoms with E-state index in [4.69, 9.17) is 11.6 Å². The van der Waals surface area contributed by atoms with E-state index in [-0.39, 0.29) is 16.4 Å². The lowest BCUT2D eigenvalue weighted by molar-refractivity contribution is -0.143. The van der Waals surface area contributed by atoms with Gasteiger partial charge in [0.05, 0.1) is 46.7 Å². The molecule has 0 aliphatic carbocycles. The van der Waals surface area contributed by atoms with Crippen LogP contribution in [0.4, 0.5) is 18.9 Å². The average molecular weight is 484 g/mol. The molecule has 0 spiro atoms. The van der Waals surface area contributed by atoms with Crippen LogP contribution in [-0.4, -0.2) is 35.7 Å². The Hall–Kier alpha value is -4.25. The van der Waals surface area contributed by atoms with Gasteiger partial charge in [0.2, 0.25) is 0 Å². The van der Waals surface area contributed by atoms with Crippen molar-refractivity contribution in [3.05, 3.63) is 89.7 Å². The molecule has 0 saturated heterocycles. The molecule has 1 amide bonds. The van der Waals surface area contributed by atoms with Crippen LogP contribution in [0, 0.1) is 0 Å². The van der Waals surface area contributed by atoms with E-state index in [0.29, 0.717) is 21.1 Å². The molecular formula is C22H13ClF3N7O. The third kappa shape index (κ3) is 3.86. The highest BCUT2D eigenvalue weighted by Gasteiger charge is 2.41. The van der Waals surface area contributed by atoms with E-state index < -0.39 is 23.3 Å². The number of carbonyl (C=O) groups is 1. The SMILES string of the molecule is O=C(Nc1ccc(-n2ccnn2)c(Cl)c1)c1cnn(-c2cncc3ccccc23)c1C(F)(F)F. The maximum atomic E-state index is 14.1. The maximum Gasteiger partial charge on any atom is 0.434 e. The van der Waals surface area contributed by atoms with Crippen LogP contribution in [0.5, 0.6) is 0 Å². The summed E-state index contributed by atoms with van der Waals surface area (Å²) in [7, 11) is 0. The Morgan fingerprint density at radius 2 is 1.85 bits per heavy atom. The zero-order valence-corrected chi connectivity index (χ0v) is 17.8. The second kappa shape index (κ2) is 8.27. The molecule has 34 heavy (non-hydrogen) atoms. The van der Waals surface area contributed by atoms with Gasteiger partial charge >= 0.3 is 6.18 Å². The van der Waals surface area contributed by atoms with E-state index in [1.807, 2.05) is 0 Å². The van der Waals surface area contributed by atoms with Crippen molar-refractivity contribution in [2.45, 2.75) is 6.18 Å². The van der Waals surface area contributed by atoms with Crippen LogP contribution in [0.1, 0.15) is 16.1 Å². The number of alkyl halides is 3. The van der Waals surface area contributed by atoms with Gasteiger partial charge in [0.25, 0.3) is 5.91 Å². The van der Waals surface area contributed by atoms with Crippen LogP contribution in [-0.2, 0) is 6.18 Å². The van der Waals surface area contributed by atoms with Crippen LogP contribution in [0.3, 0.4) is 0 Å². The van der Waals surface area contributed by atoms with E-state index >= 15 is 0 Å². The number of pyridine rings is 1. The molecule has 0 unspecified atom stereocenters. The van der Waals surface area contributed by atoms with Gasteiger partial charge in [0.1, 0.15) is 0 Å². The van der Waals surface area contributed by atoms with Gasteiger partial charge in [-0.3, -0.25) is 9.78 Å². The van der Waals surface area contributed by atoms with Crippen molar-refractivity contribution in [3.8, 4) is 11.4 Å². The van der Waals surface area contributed by atoms with Crippen LogP contribution < -0.4 is 5.32 Å². The highest BCUT2D eigenvalue weighted by molar-refractivity contribution is 6.32. The Morgan fingerprint density at radius 1 is 1.03 bits per heavy atom. The second-order valence-corrected chi connectivity index (χ2v) is 7.57. The Bertz CT molecular complexity index is 1510. The number of nitrogens with one attached hydrogen (secondary N) is 1. The van der Waals surface area contributed by atoms with Gasteiger partial charge in [-0.2, -0.15) is 18.3 Å². The van der Waals surface area contributed by atoms with E-state index in [9.17, 15) is 18.0 Å². The largest absolute Gasteiger partial charge is 0.434 e. The summed E-state index contributed by atoms with van der Waals surface area (Å²) in [5.41, 5.74) is -1.06. The zero-order valence-electron chi connectivity index (χ0n) is 17.0. The first-order chi connectivity index (χ1) is 16.3. The third-order valence-electron chi connectivity index (χ3n) is 5.03. The quantitative estimate of drug-likeness (QED) is 0.391. The molecule has 0 aliphatic rings. The molecule has 0 saturated carbocycles. The summed E-state index contributed by atoms with van der Waals surface area (Å²) < 4.78 is 44.4. The summed E-state index contributed by atoms with van der Waals surface area (Å²) in [6, 6.07) is 11.3. The third-order valence-corrected chi connectivity index (χ3v) is 5.34. The van der Waals surface area contributed by atoms with Crippen LogP contribution in [0.25, 0.3) is 22.1 Å². The standard InChI is InChI=1S/C22H13ClF3N7O/c23-17-9-14(5-6-18(17)32-8-7-28-31-32)30-21(34)16-11-29-33(20(16)22(24,25)26)19-12-27-10-13-3-1-2-4-15(13)19/h1-12H,(H,30,34). The number of aromatic nitrogens is 6. The topological polar surface area (TPSA) is 90.5 Å². The van der Waals surface area contributed by atoms with E-state index in [0.717, 1.165) is 6.20 Å². The van der Waals surface area contributed by atoms with Gasteiger partial charge in [-0.1, -0.05) is 41.1 Å². The normalized spacial score (nSPS) is 11.6. The summed E-state index contributed by atoms with van der Waals surface area (Å²) in [5.74, 6) is -0.989. The van der Waals surface area contributed by atoms with Gasteiger partial charge in [-0.25, -0.2) is 9.36 Å². The average Bonchev–Trinajstić information content (AvgIpc) is 3.49. The number of rotatable bonds is 4. The molecule has 0 bridgehead atoms. The number of nitrogens with zero attached hydrogens (tertiary/aromatic N) is 6. The predicted octanol–water partition coefficient (Wildman–Crippen LogP) is 4.93.